The molecule has 0 unspecified atom stereocenters. The summed E-state index contributed by atoms with van der Waals surface area (Å²) in [6, 6.07) is 29.3. The van der Waals surface area contributed by atoms with Crippen molar-refractivity contribution in [1.29, 1.82) is 0 Å². The minimum absolute atomic E-state index is 0.232. The molecule has 0 aliphatic carbocycles. The van der Waals surface area contributed by atoms with Gasteiger partial charge in [-0.1, -0.05) is 70.8 Å². The van der Waals surface area contributed by atoms with E-state index in [1.807, 2.05) is 26.0 Å². The van der Waals surface area contributed by atoms with Gasteiger partial charge in [-0.25, -0.2) is 4.79 Å². The van der Waals surface area contributed by atoms with Crippen molar-refractivity contribution >= 4 is 5.97 Å². The van der Waals surface area contributed by atoms with Gasteiger partial charge < -0.3 is 24.8 Å². The van der Waals surface area contributed by atoms with Crippen LogP contribution in [-0.2, 0) is 11.3 Å². The van der Waals surface area contributed by atoms with Gasteiger partial charge in [0.2, 0.25) is 0 Å². The molecule has 50 heavy (non-hydrogen) atoms. The third-order valence-corrected chi connectivity index (χ3v) is 8.62. The number of carbonyl (C=O) groups excluding carboxylic acids is 1. The van der Waals surface area contributed by atoms with E-state index in [9.17, 15) is 4.79 Å². The lowest BCUT2D eigenvalue weighted by Crippen LogP contribution is -2.17. The highest BCUT2D eigenvalue weighted by Crippen LogP contribution is 2.25. The number of carbonyl (C=O) groups is 1. The average molecular weight is 679 g/mol. The van der Waals surface area contributed by atoms with Gasteiger partial charge in [-0.2, -0.15) is 0 Å². The van der Waals surface area contributed by atoms with Crippen LogP contribution in [0.25, 0.3) is 11.1 Å². The van der Waals surface area contributed by atoms with Gasteiger partial charge in [0.1, 0.15) is 11.5 Å². The molecule has 4 aromatic carbocycles. The molecule has 0 spiro atoms. The van der Waals surface area contributed by atoms with E-state index in [4.69, 9.17) is 14.2 Å². The van der Waals surface area contributed by atoms with Gasteiger partial charge in [0, 0.05) is 6.54 Å². The number of aryl methyl sites for hydroxylation is 4. The SMILES string of the molecule is Cc1cc(C)cc(CNCCCCCOc2ccc(-c3ccc(OCCCCCNCCCCOC(=O)c4cc(C)cc(C)c4)cc3)cc2)c1. The number of ether oxygens (including phenoxy) is 3. The summed E-state index contributed by atoms with van der Waals surface area (Å²) in [4.78, 5) is 12.2. The van der Waals surface area contributed by atoms with Gasteiger partial charge in [0.25, 0.3) is 0 Å². The maximum Gasteiger partial charge on any atom is 0.338 e. The van der Waals surface area contributed by atoms with Crippen LogP contribution >= 0.6 is 0 Å². The topological polar surface area (TPSA) is 68.8 Å². The Balaban J connectivity index is 0.968. The van der Waals surface area contributed by atoms with Gasteiger partial charge in [0.05, 0.1) is 25.4 Å². The number of rotatable bonds is 23. The highest BCUT2D eigenvalue weighted by molar-refractivity contribution is 5.89. The third-order valence-electron chi connectivity index (χ3n) is 8.62. The van der Waals surface area contributed by atoms with E-state index in [2.05, 4.69) is 97.3 Å². The molecule has 0 amide bonds. The van der Waals surface area contributed by atoms with Crippen LogP contribution in [0.5, 0.6) is 11.5 Å². The monoisotopic (exact) mass is 678 g/mol. The number of nitrogens with one attached hydrogen (secondary N) is 2. The van der Waals surface area contributed by atoms with Crippen LogP contribution in [0.1, 0.15) is 89.5 Å². The molecule has 4 aromatic rings. The van der Waals surface area contributed by atoms with Gasteiger partial charge in [-0.15, -0.1) is 0 Å². The van der Waals surface area contributed by atoms with Crippen LogP contribution in [0.3, 0.4) is 0 Å². The number of hydrogen-bond acceptors (Lipinski definition) is 6. The molecular formula is C44H58N2O4. The lowest BCUT2D eigenvalue weighted by molar-refractivity contribution is 0.0498. The molecular weight excluding hydrogens is 620 g/mol. The van der Waals surface area contributed by atoms with Crippen molar-refractivity contribution in [3.05, 3.63) is 118 Å². The summed E-state index contributed by atoms with van der Waals surface area (Å²) in [5.74, 6) is 1.60. The normalized spacial score (nSPS) is 11.0. The first-order valence-corrected chi connectivity index (χ1v) is 18.6. The molecule has 2 N–H and O–H groups in total. The van der Waals surface area contributed by atoms with Crippen molar-refractivity contribution in [3.8, 4) is 22.6 Å². The molecule has 268 valence electrons. The second-order valence-corrected chi connectivity index (χ2v) is 13.5. The summed E-state index contributed by atoms with van der Waals surface area (Å²) in [6.07, 6.45) is 8.50. The molecule has 0 heterocycles. The maximum atomic E-state index is 12.2. The fourth-order valence-electron chi connectivity index (χ4n) is 6.15. The predicted octanol–water partition coefficient (Wildman–Crippen LogP) is 9.70. The number of esters is 1. The zero-order valence-electron chi connectivity index (χ0n) is 30.8. The van der Waals surface area contributed by atoms with Gasteiger partial charge in [0.15, 0.2) is 0 Å². The quantitative estimate of drug-likeness (QED) is 0.0602. The van der Waals surface area contributed by atoms with Crippen LogP contribution in [0.15, 0.2) is 84.9 Å². The van der Waals surface area contributed by atoms with Crippen molar-refractivity contribution in [3.63, 3.8) is 0 Å². The zero-order valence-corrected chi connectivity index (χ0v) is 30.8. The Morgan fingerprint density at radius 3 is 1.46 bits per heavy atom. The van der Waals surface area contributed by atoms with Crippen LogP contribution < -0.4 is 20.1 Å². The summed E-state index contributed by atoms with van der Waals surface area (Å²) < 4.78 is 17.4. The fourth-order valence-corrected chi connectivity index (χ4v) is 6.15. The van der Waals surface area contributed by atoms with Crippen LogP contribution in [0.4, 0.5) is 0 Å². The molecule has 0 bridgehead atoms. The Morgan fingerprint density at radius 1 is 0.500 bits per heavy atom. The number of benzene rings is 4. The Labute approximate surface area is 301 Å². The van der Waals surface area contributed by atoms with Crippen LogP contribution in [0.2, 0.25) is 0 Å². The Morgan fingerprint density at radius 2 is 0.940 bits per heavy atom. The van der Waals surface area contributed by atoms with Gasteiger partial charge >= 0.3 is 5.97 Å². The molecule has 6 nitrogen and oxygen atoms in total. The number of unbranched alkanes of at least 4 members (excludes halogenated alkanes) is 5. The molecule has 0 fully saturated rings. The first-order valence-electron chi connectivity index (χ1n) is 18.6. The largest absolute Gasteiger partial charge is 0.494 e. The van der Waals surface area contributed by atoms with E-state index in [1.54, 1.807) is 0 Å². The van der Waals surface area contributed by atoms with Crippen LogP contribution in [0, 0.1) is 27.7 Å². The fraction of sp³-hybridized carbons (Fsp3) is 0.432. The van der Waals surface area contributed by atoms with E-state index < -0.39 is 0 Å². The van der Waals surface area contributed by atoms with E-state index in [0.717, 1.165) is 113 Å². The summed E-state index contributed by atoms with van der Waals surface area (Å²) >= 11 is 0. The van der Waals surface area contributed by atoms with Gasteiger partial charge in [-0.3, -0.25) is 0 Å². The summed E-state index contributed by atoms with van der Waals surface area (Å²) in [5.41, 5.74) is 9.16. The lowest BCUT2D eigenvalue weighted by atomic mass is 10.1. The second-order valence-electron chi connectivity index (χ2n) is 13.5. The summed E-state index contributed by atoms with van der Waals surface area (Å²) in [5, 5.41) is 7.05. The molecule has 0 aromatic heterocycles. The van der Waals surface area contributed by atoms with E-state index >= 15 is 0 Å². The molecule has 0 radical (unpaired) electrons. The number of hydrogen-bond donors (Lipinski definition) is 2. The smallest absolute Gasteiger partial charge is 0.338 e. The minimum Gasteiger partial charge on any atom is -0.494 e. The molecule has 0 saturated heterocycles. The van der Waals surface area contributed by atoms with E-state index in [1.165, 1.54) is 27.8 Å². The maximum absolute atomic E-state index is 12.2. The molecule has 6 heteroatoms. The molecule has 0 saturated carbocycles. The molecule has 4 rings (SSSR count). The van der Waals surface area contributed by atoms with Gasteiger partial charge in [-0.05, 0) is 152 Å². The third kappa shape index (κ3) is 14.8. The summed E-state index contributed by atoms with van der Waals surface area (Å²) in [7, 11) is 0. The zero-order chi connectivity index (χ0) is 35.4. The Bertz CT molecular complexity index is 1530. The Kier molecular flexibility index (Phi) is 16.9. The van der Waals surface area contributed by atoms with Crippen molar-refractivity contribution in [2.24, 2.45) is 0 Å². The molecule has 0 atom stereocenters. The lowest BCUT2D eigenvalue weighted by Gasteiger charge is -2.10. The molecule has 0 aliphatic rings. The first kappa shape index (κ1) is 38.7. The van der Waals surface area contributed by atoms with Crippen molar-refractivity contribution < 1.29 is 19.0 Å². The van der Waals surface area contributed by atoms with Crippen LogP contribution in [-0.4, -0.2) is 45.4 Å². The highest BCUT2D eigenvalue weighted by Gasteiger charge is 2.08. The predicted molar refractivity (Wildman–Crippen MR) is 206 cm³/mol. The minimum atomic E-state index is -0.232. The van der Waals surface area contributed by atoms with Crippen molar-refractivity contribution in [2.75, 3.05) is 39.5 Å². The summed E-state index contributed by atoms with van der Waals surface area (Å²) in [6.45, 7) is 14.1. The highest BCUT2D eigenvalue weighted by atomic mass is 16.5. The van der Waals surface area contributed by atoms with E-state index in [-0.39, 0.29) is 5.97 Å². The van der Waals surface area contributed by atoms with Crippen molar-refractivity contribution in [1.82, 2.24) is 10.6 Å². The average Bonchev–Trinajstić information content (AvgIpc) is 3.09. The standard InChI is InChI=1S/C44H58N2O4/c1-34-27-35(2)30-38(29-34)33-46-23-8-6-11-25-49-43-19-15-40(16-20-43)39-13-17-42(18-14-39)48-24-10-5-7-21-45-22-9-12-26-50-44(47)41-31-36(3)28-37(4)32-41/h13-20,27-32,45-46H,5-12,21-26,33H2,1-4H3. The second kappa shape index (κ2) is 21.8. The molecule has 0 aliphatic heterocycles. The van der Waals surface area contributed by atoms with E-state index in [0.29, 0.717) is 12.2 Å². The van der Waals surface area contributed by atoms with Crippen molar-refractivity contribution in [2.45, 2.75) is 85.6 Å². The Hall–Kier alpha value is -4.13. The first-order chi connectivity index (χ1) is 24.4.